The van der Waals surface area contributed by atoms with Crippen molar-refractivity contribution >= 4 is 17.4 Å². The molecule has 0 radical (unpaired) electrons. The first kappa shape index (κ1) is 12.8. The Kier molecular flexibility index (Phi) is 3.61. The Bertz CT molecular complexity index is 671. The fraction of sp³-hybridized carbons (Fsp3) is 0.0769. The van der Waals surface area contributed by atoms with Gasteiger partial charge in [0.1, 0.15) is 10.8 Å². The van der Waals surface area contributed by atoms with Crippen LogP contribution < -0.4 is 5.73 Å². The third kappa shape index (κ3) is 2.47. The minimum Gasteiger partial charge on any atom is -0.382 e. The van der Waals surface area contributed by atoms with Crippen LogP contribution in [0.25, 0.3) is 11.4 Å². The van der Waals surface area contributed by atoms with Gasteiger partial charge in [0.2, 0.25) is 0 Å². The van der Waals surface area contributed by atoms with Crippen molar-refractivity contribution in [1.82, 2.24) is 9.97 Å². The van der Waals surface area contributed by atoms with Crippen molar-refractivity contribution in [2.24, 2.45) is 0 Å². The molecule has 0 spiro atoms. The average Bonchev–Trinajstić information content (AvgIpc) is 2.45. The Morgan fingerprint density at radius 2 is 1.74 bits per heavy atom. The van der Waals surface area contributed by atoms with E-state index in [4.69, 9.17) is 27.9 Å². The molecule has 0 saturated heterocycles. The molecule has 0 bridgehead atoms. The molecule has 6 heteroatoms. The largest absolute Gasteiger partial charge is 0.382 e. The van der Waals surface area contributed by atoms with Crippen LogP contribution in [0.1, 0.15) is 11.6 Å². The Balaban J connectivity index is 2.62. The van der Waals surface area contributed by atoms with Crippen LogP contribution in [0, 0.1) is 22.7 Å². The molecule has 2 rings (SSSR count). The Morgan fingerprint density at radius 1 is 1.11 bits per heavy atom. The second-order valence-electron chi connectivity index (χ2n) is 3.69. The van der Waals surface area contributed by atoms with Gasteiger partial charge in [0.25, 0.3) is 0 Å². The molecule has 19 heavy (non-hydrogen) atoms. The first-order valence-corrected chi connectivity index (χ1v) is 5.72. The number of nitriles is 2. The summed E-state index contributed by atoms with van der Waals surface area (Å²) >= 11 is 5.95. The van der Waals surface area contributed by atoms with Gasteiger partial charge in [0.15, 0.2) is 11.7 Å². The normalized spacial score (nSPS) is 9.89. The zero-order valence-corrected chi connectivity index (χ0v) is 10.5. The van der Waals surface area contributed by atoms with E-state index in [2.05, 4.69) is 9.97 Å². The molecule has 1 heterocycles. The number of nitrogens with zero attached hydrogens (tertiary/aromatic N) is 4. The average molecular weight is 270 g/mol. The van der Waals surface area contributed by atoms with E-state index in [1.807, 2.05) is 30.3 Å². The lowest BCUT2D eigenvalue weighted by Crippen LogP contribution is -2.05. The number of nitrogen functional groups attached to an aromatic ring is 1. The van der Waals surface area contributed by atoms with Gasteiger partial charge in [-0.25, -0.2) is 9.97 Å². The van der Waals surface area contributed by atoms with Crippen LogP contribution in [0.3, 0.4) is 0 Å². The molecule has 0 aliphatic carbocycles. The quantitative estimate of drug-likeness (QED) is 0.903. The lowest BCUT2D eigenvalue weighted by atomic mass is 10.1. The zero-order valence-electron chi connectivity index (χ0n) is 9.71. The van der Waals surface area contributed by atoms with E-state index in [1.54, 1.807) is 12.1 Å². The molecule has 1 aromatic carbocycles. The highest BCUT2D eigenvalue weighted by molar-refractivity contribution is 6.33. The molecule has 0 aliphatic rings. The van der Waals surface area contributed by atoms with E-state index in [9.17, 15) is 0 Å². The molecule has 0 aliphatic heterocycles. The third-order valence-electron chi connectivity index (χ3n) is 2.47. The maximum absolute atomic E-state index is 8.92. The molecule has 1 aromatic heterocycles. The van der Waals surface area contributed by atoms with Crippen LogP contribution in [0.5, 0.6) is 0 Å². The number of halogens is 1. The van der Waals surface area contributed by atoms with Gasteiger partial charge in [-0.05, 0) is 0 Å². The summed E-state index contributed by atoms with van der Waals surface area (Å²) < 4.78 is 0. The second kappa shape index (κ2) is 5.34. The number of benzene rings is 1. The van der Waals surface area contributed by atoms with Gasteiger partial charge in [0.05, 0.1) is 17.8 Å². The number of nitrogens with two attached hydrogens (primary N) is 1. The maximum Gasteiger partial charge on any atom is 0.176 e. The molecular weight excluding hydrogens is 262 g/mol. The highest BCUT2D eigenvalue weighted by Crippen LogP contribution is 2.29. The molecule has 92 valence electrons. The van der Waals surface area contributed by atoms with Gasteiger partial charge in [-0.2, -0.15) is 10.5 Å². The van der Waals surface area contributed by atoms with E-state index in [-0.39, 0.29) is 16.5 Å². The molecule has 2 aromatic rings. The van der Waals surface area contributed by atoms with Crippen molar-refractivity contribution in [2.75, 3.05) is 5.73 Å². The van der Waals surface area contributed by atoms with Gasteiger partial charge in [-0.15, -0.1) is 0 Å². The summed E-state index contributed by atoms with van der Waals surface area (Å²) in [5.41, 5.74) is 6.58. The highest BCUT2D eigenvalue weighted by Gasteiger charge is 2.20. The molecule has 5 nitrogen and oxygen atoms in total. The Hall–Kier alpha value is -2.63. The van der Waals surface area contributed by atoms with E-state index in [0.717, 1.165) is 5.56 Å². The van der Waals surface area contributed by atoms with Gasteiger partial charge >= 0.3 is 0 Å². The van der Waals surface area contributed by atoms with E-state index in [0.29, 0.717) is 5.82 Å². The Morgan fingerprint density at radius 3 is 2.32 bits per heavy atom. The van der Waals surface area contributed by atoms with Crippen molar-refractivity contribution in [3.63, 3.8) is 0 Å². The zero-order chi connectivity index (χ0) is 13.8. The van der Waals surface area contributed by atoms with E-state index in [1.165, 1.54) is 0 Å². The predicted octanol–water partition coefficient (Wildman–Crippen LogP) is 2.51. The van der Waals surface area contributed by atoms with Crippen LogP contribution in [-0.2, 0) is 0 Å². The third-order valence-corrected chi connectivity index (χ3v) is 2.85. The first-order chi connectivity index (χ1) is 9.17. The smallest absolute Gasteiger partial charge is 0.176 e. The van der Waals surface area contributed by atoms with Crippen LogP contribution in [0.2, 0.25) is 5.02 Å². The van der Waals surface area contributed by atoms with Gasteiger partial charge in [-0.1, -0.05) is 41.9 Å². The molecule has 0 atom stereocenters. The molecule has 0 fully saturated rings. The van der Waals surface area contributed by atoms with Crippen LogP contribution in [-0.4, -0.2) is 9.97 Å². The highest BCUT2D eigenvalue weighted by atomic mass is 35.5. The molecule has 0 unspecified atom stereocenters. The predicted molar refractivity (Wildman–Crippen MR) is 70.9 cm³/mol. The lowest BCUT2D eigenvalue weighted by molar-refractivity contribution is 0.992. The first-order valence-electron chi connectivity index (χ1n) is 5.35. The Labute approximate surface area is 114 Å². The summed E-state index contributed by atoms with van der Waals surface area (Å²) in [6, 6.07) is 12.8. The van der Waals surface area contributed by atoms with Crippen molar-refractivity contribution in [1.29, 1.82) is 10.5 Å². The summed E-state index contributed by atoms with van der Waals surface area (Å²) in [5.74, 6) is -0.672. The molecule has 2 N–H and O–H groups in total. The fourth-order valence-electron chi connectivity index (χ4n) is 1.54. The summed E-state index contributed by atoms with van der Waals surface area (Å²) in [6.07, 6.45) is 0. The van der Waals surface area contributed by atoms with Crippen LogP contribution >= 0.6 is 11.6 Å². The van der Waals surface area contributed by atoms with E-state index >= 15 is 0 Å². The molecule has 0 saturated carbocycles. The van der Waals surface area contributed by atoms with Gasteiger partial charge in [0, 0.05) is 5.56 Å². The minimum absolute atomic E-state index is 0.0489. The SMILES string of the molecule is N#CC(C#N)c1nc(-c2ccccc2)nc(N)c1Cl. The summed E-state index contributed by atoms with van der Waals surface area (Å²) in [4.78, 5) is 8.25. The van der Waals surface area contributed by atoms with Gasteiger partial charge in [-0.3, -0.25) is 0 Å². The number of rotatable bonds is 2. The van der Waals surface area contributed by atoms with Gasteiger partial charge < -0.3 is 5.73 Å². The van der Waals surface area contributed by atoms with Crippen LogP contribution in [0.4, 0.5) is 5.82 Å². The van der Waals surface area contributed by atoms with E-state index < -0.39 is 5.92 Å². The lowest BCUT2D eigenvalue weighted by Gasteiger charge is -2.08. The summed E-state index contributed by atoms with van der Waals surface area (Å²) in [6.45, 7) is 0. The monoisotopic (exact) mass is 269 g/mol. The number of aromatic nitrogens is 2. The minimum atomic E-state index is -1.07. The van der Waals surface area contributed by atoms with Crippen LogP contribution in [0.15, 0.2) is 30.3 Å². The van der Waals surface area contributed by atoms with Crippen molar-refractivity contribution in [2.45, 2.75) is 5.92 Å². The summed E-state index contributed by atoms with van der Waals surface area (Å²) in [5, 5.41) is 17.9. The van der Waals surface area contributed by atoms with Crippen molar-refractivity contribution in [3.05, 3.63) is 41.0 Å². The topological polar surface area (TPSA) is 99.4 Å². The molecular formula is C13H8ClN5. The second-order valence-corrected chi connectivity index (χ2v) is 4.07. The summed E-state index contributed by atoms with van der Waals surface area (Å²) in [7, 11) is 0. The number of hydrogen-bond donors (Lipinski definition) is 1. The van der Waals surface area contributed by atoms with Crippen molar-refractivity contribution in [3.8, 4) is 23.5 Å². The number of anilines is 1. The van der Waals surface area contributed by atoms with Crippen molar-refractivity contribution < 1.29 is 0 Å². The molecule has 0 amide bonds. The standard InChI is InChI=1S/C13H8ClN5/c14-10-11(9(6-15)7-16)18-13(19-12(10)17)8-4-2-1-3-5-8/h1-5,9H,(H2,17,18,19). The maximum atomic E-state index is 8.92. The fourth-order valence-corrected chi connectivity index (χ4v) is 1.73. The number of hydrogen-bond acceptors (Lipinski definition) is 5.